The molecule has 7 nitrogen and oxygen atoms in total. The Labute approximate surface area is 85.9 Å². The molecule has 0 aliphatic carbocycles. The third-order valence-corrected chi connectivity index (χ3v) is 1.07. The summed E-state index contributed by atoms with van der Waals surface area (Å²) in [4.78, 5) is 9.76. The van der Waals surface area contributed by atoms with Crippen molar-refractivity contribution >= 4 is 23.6 Å². The quantitative estimate of drug-likeness (QED) is 0.213. The number of carbonyl (C=O) groups excluding carboxylic acids is 1. The van der Waals surface area contributed by atoms with Crippen molar-refractivity contribution in [1.82, 2.24) is 0 Å². The molecule has 0 aliphatic heterocycles. The van der Waals surface area contributed by atoms with Gasteiger partial charge in [0.25, 0.3) is 0 Å². The summed E-state index contributed by atoms with van der Waals surface area (Å²) >= 11 is 4.09. The van der Waals surface area contributed by atoms with Crippen LogP contribution in [0.5, 0.6) is 0 Å². The zero-order chi connectivity index (χ0) is 11.7. The third kappa shape index (κ3) is 9.29. The van der Waals surface area contributed by atoms with E-state index >= 15 is 0 Å². The van der Waals surface area contributed by atoms with Crippen molar-refractivity contribution in [3.05, 3.63) is 0 Å². The number of carbonyl (C=O) groups is 1. The van der Waals surface area contributed by atoms with Crippen molar-refractivity contribution in [3.8, 4) is 0 Å². The van der Waals surface area contributed by atoms with Gasteiger partial charge in [-0.3, -0.25) is 0 Å². The maximum atomic E-state index is 9.76. The molecule has 0 saturated heterocycles. The van der Waals surface area contributed by atoms with Gasteiger partial charge in [0.15, 0.2) is 11.4 Å². The summed E-state index contributed by atoms with van der Waals surface area (Å²) in [5.74, 6) is 0. The highest BCUT2D eigenvalue weighted by Gasteiger charge is 2.22. The molecule has 3 unspecified atom stereocenters. The van der Waals surface area contributed by atoms with Gasteiger partial charge >= 0.3 is 0 Å². The molecule has 0 fully saturated rings. The molecule has 0 aromatic heterocycles. The topological polar surface area (TPSA) is 150 Å². The maximum absolute atomic E-state index is 9.76. The molecule has 0 aromatic carbocycles. The minimum atomic E-state index is -1.64. The summed E-state index contributed by atoms with van der Waals surface area (Å²) in [6.07, 6.45) is -4.63. The summed E-state index contributed by atoms with van der Waals surface area (Å²) in [5.41, 5.74) is 9.24. The molecule has 0 spiro atoms. The molecule has 0 aliphatic rings. The van der Waals surface area contributed by atoms with Gasteiger partial charge < -0.3 is 36.7 Å². The number of hydrogen-bond acceptors (Lipinski definition) is 6. The van der Waals surface area contributed by atoms with E-state index in [-0.39, 0.29) is 11.4 Å². The standard InChI is InChI=1S/C5H10O5.CH4N2S/c6-1-3(8)5(10)4(9)2-7;2-1(3)4/h1,3-5,7-10H,2H2;(H4,2,3,4). The van der Waals surface area contributed by atoms with Crippen LogP contribution in [0.25, 0.3) is 0 Å². The van der Waals surface area contributed by atoms with Gasteiger partial charge in [-0.1, -0.05) is 0 Å². The van der Waals surface area contributed by atoms with Crippen molar-refractivity contribution in [2.45, 2.75) is 18.3 Å². The summed E-state index contributed by atoms with van der Waals surface area (Å²) in [6, 6.07) is 0. The number of aliphatic hydroxyl groups is 4. The Morgan fingerprint density at radius 1 is 1.36 bits per heavy atom. The lowest BCUT2D eigenvalue weighted by Gasteiger charge is -2.16. The first-order valence-electron chi connectivity index (χ1n) is 3.52. The van der Waals surface area contributed by atoms with E-state index in [1.54, 1.807) is 0 Å². The van der Waals surface area contributed by atoms with Crippen molar-refractivity contribution in [3.63, 3.8) is 0 Å². The number of aldehydes is 1. The third-order valence-electron chi connectivity index (χ3n) is 1.07. The van der Waals surface area contributed by atoms with Crippen molar-refractivity contribution in [2.24, 2.45) is 11.5 Å². The van der Waals surface area contributed by atoms with Crippen LogP contribution in [0, 0.1) is 0 Å². The number of thiocarbonyl (C=S) groups is 1. The molecule has 0 aromatic rings. The largest absolute Gasteiger partial charge is 0.394 e. The van der Waals surface area contributed by atoms with Crippen LogP contribution in [-0.2, 0) is 4.79 Å². The van der Waals surface area contributed by atoms with Gasteiger partial charge in [-0.2, -0.15) is 0 Å². The summed E-state index contributed by atoms with van der Waals surface area (Å²) in [6.45, 7) is -0.688. The van der Waals surface area contributed by atoms with Crippen LogP contribution in [0.4, 0.5) is 0 Å². The van der Waals surface area contributed by atoms with Crippen LogP contribution in [0.1, 0.15) is 0 Å². The normalized spacial score (nSPS) is 15.7. The molecule has 0 heterocycles. The van der Waals surface area contributed by atoms with Gasteiger partial charge in [-0.05, 0) is 12.2 Å². The Bertz CT molecular complexity index is 176. The van der Waals surface area contributed by atoms with Gasteiger partial charge in [0.05, 0.1) is 6.61 Å². The minimum absolute atomic E-state index is 0.000000000000000222. The Morgan fingerprint density at radius 2 is 1.71 bits per heavy atom. The van der Waals surface area contributed by atoms with Gasteiger partial charge in [0, 0.05) is 0 Å². The molecule has 8 N–H and O–H groups in total. The fourth-order valence-electron chi connectivity index (χ4n) is 0.416. The summed E-state index contributed by atoms with van der Waals surface area (Å²) in [7, 11) is 0. The highest BCUT2D eigenvalue weighted by molar-refractivity contribution is 7.80. The second-order valence-electron chi connectivity index (χ2n) is 2.27. The van der Waals surface area contributed by atoms with E-state index in [4.69, 9.17) is 20.4 Å². The van der Waals surface area contributed by atoms with E-state index in [9.17, 15) is 4.79 Å². The van der Waals surface area contributed by atoms with E-state index in [2.05, 4.69) is 23.7 Å². The second-order valence-corrected chi connectivity index (χ2v) is 2.74. The highest BCUT2D eigenvalue weighted by Crippen LogP contribution is 1.96. The number of aliphatic hydroxyl groups excluding tert-OH is 4. The Kier molecular flexibility index (Phi) is 9.83. The van der Waals surface area contributed by atoms with Crippen LogP contribution in [0.3, 0.4) is 0 Å². The Hall–Kier alpha value is -0.800. The average Bonchev–Trinajstić information content (AvgIpc) is 2.13. The first kappa shape index (κ1) is 15.7. The molecule has 0 saturated carbocycles. The monoisotopic (exact) mass is 226 g/mol. The first-order chi connectivity index (χ1) is 6.36. The molecule has 0 amide bonds. The molecule has 0 radical (unpaired) electrons. The molecular weight excluding hydrogens is 212 g/mol. The molecule has 84 valence electrons. The predicted octanol–water partition coefficient (Wildman–Crippen LogP) is -3.55. The zero-order valence-electron chi connectivity index (χ0n) is 7.28. The van der Waals surface area contributed by atoms with Gasteiger partial charge in [-0.15, -0.1) is 0 Å². The SMILES string of the molecule is NC(N)=S.O=CC(O)C(O)C(O)CO. The fraction of sp³-hybridized carbons (Fsp3) is 0.667. The molecular formula is C6H14N2O5S. The zero-order valence-corrected chi connectivity index (χ0v) is 8.09. The Morgan fingerprint density at radius 3 is 1.93 bits per heavy atom. The number of rotatable bonds is 4. The lowest BCUT2D eigenvalue weighted by atomic mass is 10.1. The van der Waals surface area contributed by atoms with Crippen LogP contribution < -0.4 is 11.5 Å². The first-order valence-corrected chi connectivity index (χ1v) is 3.92. The van der Waals surface area contributed by atoms with E-state index in [1.165, 1.54) is 0 Å². The predicted molar refractivity (Wildman–Crippen MR) is 52.1 cm³/mol. The lowest BCUT2D eigenvalue weighted by molar-refractivity contribution is -0.127. The van der Waals surface area contributed by atoms with Crippen LogP contribution in [0.15, 0.2) is 0 Å². The van der Waals surface area contributed by atoms with Gasteiger partial charge in [0.1, 0.15) is 18.3 Å². The lowest BCUT2D eigenvalue weighted by Crippen LogP contribution is -2.40. The Balaban J connectivity index is 0. The maximum Gasteiger partial charge on any atom is 0.160 e. The molecule has 14 heavy (non-hydrogen) atoms. The summed E-state index contributed by atoms with van der Waals surface area (Å²) in [5, 5.41) is 34.1. The molecule has 3 atom stereocenters. The van der Waals surface area contributed by atoms with Crippen molar-refractivity contribution in [2.75, 3.05) is 6.61 Å². The number of hydrogen-bond donors (Lipinski definition) is 6. The molecule has 8 heteroatoms. The van der Waals surface area contributed by atoms with E-state index < -0.39 is 24.9 Å². The van der Waals surface area contributed by atoms with E-state index in [0.717, 1.165) is 0 Å². The van der Waals surface area contributed by atoms with Gasteiger partial charge in [0.2, 0.25) is 0 Å². The minimum Gasteiger partial charge on any atom is -0.394 e. The highest BCUT2D eigenvalue weighted by atomic mass is 32.1. The molecule has 0 rings (SSSR count). The van der Waals surface area contributed by atoms with Crippen LogP contribution in [-0.4, -0.2) is 56.7 Å². The molecule has 0 bridgehead atoms. The van der Waals surface area contributed by atoms with Crippen molar-refractivity contribution in [1.29, 1.82) is 0 Å². The second kappa shape index (κ2) is 8.78. The van der Waals surface area contributed by atoms with E-state index in [0.29, 0.717) is 0 Å². The number of nitrogens with two attached hydrogens (primary N) is 2. The average molecular weight is 226 g/mol. The van der Waals surface area contributed by atoms with Crippen LogP contribution in [0.2, 0.25) is 0 Å². The smallest absolute Gasteiger partial charge is 0.160 e. The van der Waals surface area contributed by atoms with E-state index in [1.807, 2.05) is 0 Å². The van der Waals surface area contributed by atoms with Gasteiger partial charge in [-0.25, -0.2) is 0 Å². The van der Waals surface area contributed by atoms with Crippen molar-refractivity contribution < 1.29 is 25.2 Å². The summed E-state index contributed by atoms with van der Waals surface area (Å²) < 4.78 is 0. The van der Waals surface area contributed by atoms with Crippen LogP contribution >= 0.6 is 12.2 Å². The fourth-order valence-corrected chi connectivity index (χ4v) is 0.416.